The van der Waals surface area contributed by atoms with Crippen molar-refractivity contribution in [2.75, 3.05) is 0 Å². The Morgan fingerprint density at radius 3 is 1.75 bits per heavy atom. The largest absolute Gasteiger partial charge is 0.456 e. The Kier molecular flexibility index (Phi) is 5.84. The Balaban J connectivity index is 1.45. The molecule has 3 aromatic heterocycles. The van der Waals surface area contributed by atoms with Crippen molar-refractivity contribution < 1.29 is 4.42 Å². The van der Waals surface area contributed by atoms with Crippen LogP contribution in [0.15, 0.2) is 168 Å². The van der Waals surface area contributed by atoms with Gasteiger partial charge in [-0.2, -0.15) is 0 Å². The van der Waals surface area contributed by atoms with Crippen molar-refractivity contribution >= 4 is 76.2 Å². The Hall–Kier alpha value is -6.52. The Morgan fingerprint density at radius 2 is 0.958 bits per heavy atom. The molecule has 48 heavy (non-hydrogen) atoms. The molecular weight excluding hydrogens is 587 g/mol. The van der Waals surface area contributed by atoms with Crippen LogP contribution in [0.4, 0.5) is 0 Å². The lowest BCUT2D eigenvalue weighted by Gasteiger charge is -2.12. The molecule has 0 N–H and O–H groups in total. The molecule has 4 heteroatoms. The molecule has 3 heterocycles. The van der Waals surface area contributed by atoms with Crippen LogP contribution in [0.1, 0.15) is 0 Å². The van der Waals surface area contributed by atoms with Gasteiger partial charge in [0.15, 0.2) is 0 Å². The molecule has 0 bridgehead atoms. The summed E-state index contributed by atoms with van der Waals surface area (Å²) in [5.74, 6) is 0.638. The van der Waals surface area contributed by atoms with E-state index in [1.54, 1.807) is 0 Å². The fourth-order valence-corrected chi connectivity index (χ4v) is 7.37. The van der Waals surface area contributed by atoms with Crippen molar-refractivity contribution in [2.24, 2.45) is 0 Å². The first kappa shape index (κ1) is 26.7. The maximum absolute atomic E-state index is 6.81. The molecular formula is C44H27N3O. The van der Waals surface area contributed by atoms with Crippen LogP contribution in [-0.4, -0.2) is 14.5 Å². The van der Waals surface area contributed by atoms with E-state index in [-0.39, 0.29) is 0 Å². The van der Waals surface area contributed by atoms with E-state index in [4.69, 9.17) is 14.4 Å². The van der Waals surface area contributed by atoms with E-state index in [9.17, 15) is 0 Å². The van der Waals surface area contributed by atoms with Gasteiger partial charge in [0.05, 0.1) is 22.2 Å². The SMILES string of the molecule is c1ccc(-c2nc(-n3c4ccccc4c4c5c6ccccc6oc6ccccc6c6ccccc6c5ccc43)nc3ccccc23)cc1. The smallest absolute Gasteiger partial charge is 0.235 e. The van der Waals surface area contributed by atoms with Gasteiger partial charge in [0, 0.05) is 37.9 Å². The van der Waals surface area contributed by atoms with Crippen LogP contribution < -0.4 is 0 Å². The lowest BCUT2D eigenvalue weighted by molar-refractivity contribution is 0.663. The summed E-state index contributed by atoms with van der Waals surface area (Å²) in [6.07, 6.45) is 0. The van der Waals surface area contributed by atoms with Crippen molar-refractivity contribution in [3.05, 3.63) is 164 Å². The highest BCUT2D eigenvalue weighted by atomic mass is 16.3. The summed E-state index contributed by atoms with van der Waals surface area (Å²) in [5, 5.41) is 9.97. The molecule has 4 nitrogen and oxygen atoms in total. The van der Waals surface area contributed by atoms with E-state index in [0.29, 0.717) is 5.95 Å². The number of aromatic nitrogens is 3. The fraction of sp³-hybridized carbons (Fsp3) is 0. The predicted octanol–water partition coefficient (Wildman–Crippen LogP) is 11.7. The second kappa shape index (κ2) is 10.5. The molecule has 0 amide bonds. The molecule has 0 fully saturated rings. The van der Waals surface area contributed by atoms with Crippen molar-refractivity contribution in [3.8, 4) is 17.2 Å². The molecule has 0 atom stereocenters. The van der Waals surface area contributed by atoms with Gasteiger partial charge in [0.1, 0.15) is 11.2 Å². The number of benzene rings is 7. The average molecular weight is 614 g/mol. The van der Waals surface area contributed by atoms with Crippen molar-refractivity contribution in [1.82, 2.24) is 14.5 Å². The Labute approximate surface area is 275 Å². The van der Waals surface area contributed by atoms with Crippen LogP contribution in [0, 0.1) is 0 Å². The first-order valence-electron chi connectivity index (χ1n) is 16.2. The molecule has 10 aromatic rings. The van der Waals surface area contributed by atoms with Crippen LogP contribution in [0.5, 0.6) is 0 Å². The van der Waals surface area contributed by atoms with Crippen LogP contribution in [0.3, 0.4) is 0 Å². The molecule has 0 unspecified atom stereocenters. The molecule has 0 aliphatic carbocycles. The molecule has 0 radical (unpaired) electrons. The molecule has 0 spiro atoms. The highest BCUT2D eigenvalue weighted by Gasteiger charge is 2.20. The highest BCUT2D eigenvalue weighted by Crippen LogP contribution is 2.41. The zero-order valence-electron chi connectivity index (χ0n) is 25.8. The monoisotopic (exact) mass is 613 g/mol. The van der Waals surface area contributed by atoms with Gasteiger partial charge in [0.25, 0.3) is 0 Å². The topological polar surface area (TPSA) is 43.9 Å². The second-order valence-corrected chi connectivity index (χ2v) is 12.1. The third-order valence-electron chi connectivity index (χ3n) is 9.45. The van der Waals surface area contributed by atoms with Crippen LogP contribution in [0.2, 0.25) is 0 Å². The van der Waals surface area contributed by atoms with E-state index < -0.39 is 0 Å². The van der Waals surface area contributed by atoms with Crippen molar-refractivity contribution in [3.63, 3.8) is 0 Å². The molecule has 0 aliphatic rings. The van der Waals surface area contributed by atoms with E-state index in [2.05, 4.69) is 138 Å². The van der Waals surface area contributed by atoms with E-state index >= 15 is 0 Å². The van der Waals surface area contributed by atoms with E-state index in [0.717, 1.165) is 87.4 Å². The molecule has 224 valence electrons. The normalized spacial score (nSPS) is 11.8. The molecule has 0 saturated carbocycles. The van der Waals surface area contributed by atoms with Gasteiger partial charge >= 0.3 is 0 Å². The summed E-state index contributed by atoms with van der Waals surface area (Å²) in [6, 6.07) is 57.1. The average Bonchev–Trinajstić information content (AvgIpc) is 3.51. The van der Waals surface area contributed by atoms with Crippen LogP contribution >= 0.6 is 0 Å². The lowest BCUT2D eigenvalue weighted by Crippen LogP contribution is -2.03. The quantitative estimate of drug-likeness (QED) is 0.195. The molecule has 0 saturated heterocycles. The maximum Gasteiger partial charge on any atom is 0.235 e. The summed E-state index contributed by atoms with van der Waals surface area (Å²) < 4.78 is 9.03. The zero-order valence-corrected chi connectivity index (χ0v) is 25.8. The number of rotatable bonds is 2. The molecule has 10 rings (SSSR count). The highest BCUT2D eigenvalue weighted by molar-refractivity contribution is 6.31. The first-order chi connectivity index (χ1) is 23.8. The summed E-state index contributed by atoms with van der Waals surface area (Å²) in [5.41, 5.74) is 6.61. The molecule has 7 aromatic carbocycles. The number of hydrogen-bond acceptors (Lipinski definition) is 3. The fourth-order valence-electron chi connectivity index (χ4n) is 7.37. The van der Waals surface area contributed by atoms with Crippen LogP contribution in [-0.2, 0) is 0 Å². The Morgan fingerprint density at radius 1 is 0.375 bits per heavy atom. The van der Waals surface area contributed by atoms with Gasteiger partial charge < -0.3 is 4.42 Å². The lowest BCUT2D eigenvalue weighted by atomic mass is 9.98. The number of fused-ring (bicyclic) bond motifs is 12. The van der Waals surface area contributed by atoms with Gasteiger partial charge in [-0.25, -0.2) is 9.97 Å². The predicted molar refractivity (Wildman–Crippen MR) is 199 cm³/mol. The number of hydrogen-bond donors (Lipinski definition) is 0. The summed E-state index contributed by atoms with van der Waals surface area (Å²) in [4.78, 5) is 10.5. The summed E-state index contributed by atoms with van der Waals surface area (Å²) in [6.45, 7) is 0. The van der Waals surface area contributed by atoms with Crippen molar-refractivity contribution in [2.45, 2.75) is 0 Å². The third-order valence-corrected chi connectivity index (χ3v) is 9.45. The number of nitrogens with zero attached hydrogens (tertiary/aromatic N) is 3. The Bertz CT molecular complexity index is 2950. The van der Waals surface area contributed by atoms with E-state index in [1.807, 2.05) is 30.3 Å². The number of para-hydroxylation sites is 4. The minimum atomic E-state index is 0.638. The van der Waals surface area contributed by atoms with Gasteiger partial charge in [-0.15, -0.1) is 0 Å². The molecule has 0 aliphatic heterocycles. The van der Waals surface area contributed by atoms with Gasteiger partial charge in [0.2, 0.25) is 5.95 Å². The van der Waals surface area contributed by atoms with Crippen LogP contribution in [0.25, 0.3) is 93.4 Å². The zero-order chi connectivity index (χ0) is 31.6. The van der Waals surface area contributed by atoms with Gasteiger partial charge in [-0.3, -0.25) is 4.57 Å². The van der Waals surface area contributed by atoms with Crippen molar-refractivity contribution in [1.29, 1.82) is 0 Å². The van der Waals surface area contributed by atoms with Gasteiger partial charge in [-0.05, 0) is 46.5 Å². The van der Waals surface area contributed by atoms with E-state index in [1.165, 1.54) is 0 Å². The second-order valence-electron chi connectivity index (χ2n) is 12.1. The summed E-state index contributed by atoms with van der Waals surface area (Å²) >= 11 is 0. The standard InChI is InChI=1S/C44H27N3O/c1-2-14-28(15-3-1)43-33-19-6-10-22-36(33)45-44(46-43)47-37-23-11-7-20-34(37)42-38(47)27-26-32-30-17-5-4-16-29(30)31-18-8-12-24-39(31)48-40-25-13-9-21-35(40)41(32)42/h1-27H. The maximum atomic E-state index is 6.81. The van der Waals surface area contributed by atoms with Gasteiger partial charge in [-0.1, -0.05) is 133 Å². The first-order valence-corrected chi connectivity index (χ1v) is 16.2. The minimum absolute atomic E-state index is 0.638. The minimum Gasteiger partial charge on any atom is -0.456 e. The third kappa shape index (κ3) is 3.96. The summed E-state index contributed by atoms with van der Waals surface area (Å²) in [7, 11) is 0.